The summed E-state index contributed by atoms with van der Waals surface area (Å²) in [7, 11) is 1.70. The van der Waals surface area contributed by atoms with Gasteiger partial charge in [0.1, 0.15) is 12.4 Å². The Morgan fingerprint density at radius 2 is 1.79 bits per heavy atom. The molecule has 28 heavy (non-hydrogen) atoms. The fourth-order valence-corrected chi connectivity index (χ4v) is 2.92. The lowest BCUT2D eigenvalue weighted by Crippen LogP contribution is -2.27. The number of nitrogens with zero attached hydrogens (tertiary/aromatic N) is 2. The fraction of sp³-hybridized carbons (Fsp3) is 0.348. The van der Waals surface area contributed by atoms with E-state index in [2.05, 4.69) is 30.6 Å². The first-order chi connectivity index (χ1) is 13.4. The van der Waals surface area contributed by atoms with Crippen LogP contribution < -0.4 is 9.64 Å². The number of halogens is 1. The van der Waals surface area contributed by atoms with Crippen LogP contribution in [0.25, 0.3) is 0 Å². The van der Waals surface area contributed by atoms with Gasteiger partial charge in [0.05, 0.1) is 5.02 Å². The van der Waals surface area contributed by atoms with Gasteiger partial charge in [-0.3, -0.25) is 4.79 Å². The minimum absolute atomic E-state index is 0.299. The molecule has 4 nitrogen and oxygen atoms in total. The maximum atomic E-state index is 12.4. The lowest BCUT2D eigenvalue weighted by molar-refractivity contribution is -0.113. The molecule has 0 aliphatic rings. The van der Waals surface area contributed by atoms with Crippen LogP contribution in [0, 0.1) is 18.8 Å². The van der Waals surface area contributed by atoms with Gasteiger partial charge in [-0.05, 0) is 62.0 Å². The predicted molar refractivity (Wildman–Crippen MR) is 116 cm³/mol. The first-order valence-electron chi connectivity index (χ1n) is 9.45. The molecule has 0 aliphatic carbocycles. The van der Waals surface area contributed by atoms with Crippen LogP contribution in [0.4, 0.5) is 5.69 Å². The normalized spacial score (nSPS) is 10.4. The number of ether oxygens (including phenoxy) is 1. The highest BCUT2D eigenvalue weighted by molar-refractivity contribution is 6.31. The molecule has 5 heteroatoms. The number of rotatable bonds is 7. The van der Waals surface area contributed by atoms with E-state index in [0.29, 0.717) is 17.2 Å². The molecule has 148 valence electrons. The van der Waals surface area contributed by atoms with Gasteiger partial charge in [0.25, 0.3) is 0 Å². The number of aryl methyl sites for hydroxylation is 1. The van der Waals surface area contributed by atoms with Gasteiger partial charge in [0.15, 0.2) is 0 Å². The zero-order chi connectivity index (χ0) is 20.5. The Morgan fingerprint density at radius 1 is 1.11 bits per heavy atom. The second kappa shape index (κ2) is 10.8. The topological polar surface area (TPSA) is 32.8 Å². The van der Waals surface area contributed by atoms with E-state index in [1.165, 1.54) is 4.90 Å². The monoisotopic (exact) mass is 398 g/mol. The Kier molecular flexibility index (Phi) is 8.38. The molecule has 0 unspecified atom stereocenters. The third kappa shape index (κ3) is 6.30. The van der Waals surface area contributed by atoms with E-state index in [0.717, 1.165) is 36.6 Å². The molecule has 0 fully saturated rings. The summed E-state index contributed by atoms with van der Waals surface area (Å²) < 4.78 is 5.78. The number of anilines is 1. The number of hydrogen-bond acceptors (Lipinski definition) is 3. The van der Waals surface area contributed by atoms with Gasteiger partial charge in [-0.2, -0.15) is 0 Å². The number of amides is 1. The second-order valence-corrected chi connectivity index (χ2v) is 6.87. The van der Waals surface area contributed by atoms with Gasteiger partial charge in [-0.15, -0.1) is 0 Å². The van der Waals surface area contributed by atoms with Crippen LogP contribution in [0.2, 0.25) is 5.02 Å². The lowest BCUT2D eigenvalue weighted by Gasteiger charge is -2.18. The maximum Gasteiger partial charge on any atom is 0.302 e. The SMILES string of the molecule is CCN(CC)CCOc1ccc(N(C)C(=O)C#Cc2ccc(C)cc2Cl)cc1. The predicted octanol–water partition coefficient (Wildman–Crippen LogP) is 4.38. The largest absolute Gasteiger partial charge is 0.492 e. The van der Waals surface area contributed by atoms with Crippen LogP contribution in [0.5, 0.6) is 5.75 Å². The third-order valence-electron chi connectivity index (χ3n) is 4.53. The Labute approximate surface area is 173 Å². The molecule has 1 amide bonds. The van der Waals surface area contributed by atoms with Gasteiger partial charge in [-0.1, -0.05) is 37.4 Å². The van der Waals surface area contributed by atoms with Crippen molar-refractivity contribution in [1.29, 1.82) is 0 Å². The molecule has 0 aliphatic heterocycles. The van der Waals surface area contributed by atoms with Crippen LogP contribution in [0.1, 0.15) is 25.0 Å². The molecule has 0 aromatic heterocycles. The Hall–Kier alpha value is -2.48. The average Bonchev–Trinajstić information content (AvgIpc) is 2.70. The van der Waals surface area contributed by atoms with Crippen LogP contribution in [-0.4, -0.2) is 44.1 Å². The molecular weight excluding hydrogens is 372 g/mol. The van der Waals surface area contributed by atoms with Crippen LogP contribution >= 0.6 is 11.6 Å². The minimum Gasteiger partial charge on any atom is -0.492 e. The fourth-order valence-electron chi connectivity index (χ4n) is 2.64. The number of carbonyl (C=O) groups excluding carboxylic acids is 1. The van der Waals surface area contributed by atoms with Gasteiger partial charge in [0.2, 0.25) is 0 Å². The van der Waals surface area contributed by atoms with E-state index in [1.807, 2.05) is 49.4 Å². The van der Waals surface area contributed by atoms with Gasteiger partial charge in [-0.25, -0.2) is 0 Å². The summed E-state index contributed by atoms with van der Waals surface area (Å²) in [6, 6.07) is 13.0. The van der Waals surface area contributed by atoms with Crippen molar-refractivity contribution in [2.75, 3.05) is 38.2 Å². The molecule has 2 aromatic rings. The van der Waals surface area contributed by atoms with E-state index in [9.17, 15) is 4.79 Å². The summed E-state index contributed by atoms with van der Waals surface area (Å²) in [5.74, 6) is 5.98. The van der Waals surface area contributed by atoms with Crippen molar-refractivity contribution in [1.82, 2.24) is 4.90 Å². The number of likely N-dealkylation sites (N-methyl/N-ethyl adjacent to an activating group) is 1. The molecule has 0 saturated heterocycles. The smallest absolute Gasteiger partial charge is 0.302 e. The summed E-state index contributed by atoms with van der Waals surface area (Å²) >= 11 is 6.16. The highest BCUT2D eigenvalue weighted by Gasteiger charge is 2.09. The molecule has 2 rings (SSSR count). The standard InChI is InChI=1S/C23H27ClN2O2/c1-5-26(6-2)15-16-28-21-12-10-20(11-13-21)25(4)23(27)14-9-19-8-7-18(3)17-22(19)24/h7-8,10-13,17H,5-6,15-16H2,1-4H3. The van der Waals surface area contributed by atoms with Crippen LogP contribution in [0.3, 0.4) is 0 Å². The molecule has 0 N–H and O–H groups in total. The van der Waals surface area contributed by atoms with Crippen molar-refractivity contribution >= 4 is 23.2 Å². The second-order valence-electron chi connectivity index (χ2n) is 6.47. The van der Waals surface area contributed by atoms with Crippen molar-refractivity contribution in [2.45, 2.75) is 20.8 Å². The molecule has 2 aromatic carbocycles. The molecule has 0 bridgehead atoms. The Morgan fingerprint density at radius 3 is 2.39 bits per heavy atom. The summed E-state index contributed by atoms with van der Waals surface area (Å²) in [6.07, 6.45) is 0. The lowest BCUT2D eigenvalue weighted by atomic mass is 10.1. The van der Waals surface area contributed by atoms with Crippen molar-refractivity contribution in [3.63, 3.8) is 0 Å². The summed E-state index contributed by atoms with van der Waals surface area (Å²) in [5, 5.41) is 0.550. The summed E-state index contributed by atoms with van der Waals surface area (Å²) in [4.78, 5) is 16.2. The number of benzene rings is 2. The van der Waals surface area contributed by atoms with Gasteiger partial charge < -0.3 is 14.5 Å². The first kappa shape index (κ1) is 21.8. The van der Waals surface area contributed by atoms with E-state index in [-0.39, 0.29) is 5.91 Å². The molecule has 0 radical (unpaired) electrons. The Balaban J connectivity index is 1.96. The molecule has 0 spiro atoms. The van der Waals surface area contributed by atoms with Crippen LogP contribution in [0.15, 0.2) is 42.5 Å². The zero-order valence-corrected chi connectivity index (χ0v) is 17.7. The molecule has 0 atom stereocenters. The minimum atomic E-state index is -0.299. The molecule has 0 saturated carbocycles. The van der Waals surface area contributed by atoms with Crippen molar-refractivity contribution < 1.29 is 9.53 Å². The zero-order valence-electron chi connectivity index (χ0n) is 17.0. The molecule has 0 heterocycles. The quantitative estimate of drug-likeness (QED) is 0.649. The highest BCUT2D eigenvalue weighted by atomic mass is 35.5. The van der Waals surface area contributed by atoms with Gasteiger partial charge in [0, 0.05) is 30.8 Å². The highest BCUT2D eigenvalue weighted by Crippen LogP contribution is 2.19. The van der Waals surface area contributed by atoms with E-state index >= 15 is 0 Å². The van der Waals surface area contributed by atoms with Crippen molar-refractivity contribution in [3.8, 4) is 17.6 Å². The van der Waals surface area contributed by atoms with Crippen molar-refractivity contribution in [3.05, 3.63) is 58.6 Å². The summed E-state index contributed by atoms with van der Waals surface area (Å²) in [5.41, 5.74) is 2.45. The first-order valence-corrected chi connectivity index (χ1v) is 9.83. The molecular formula is C23H27ClN2O2. The number of carbonyl (C=O) groups is 1. The summed E-state index contributed by atoms with van der Waals surface area (Å²) in [6.45, 7) is 9.80. The van der Waals surface area contributed by atoms with E-state index in [4.69, 9.17) is 16.3 Å². The number of hydrogen-bond donors (Lipinski definition) is 0. The van der Waals surface area contributed by atoms with Crippen molar-refractivity contribution in [2.24, 2.45) is 0 Å². The van der Waals surface area contributed by atoms with Gasteiger partial charge >= 0.3 is 5.91 Å². The van der Waals surface area contributed by atoms with E-state index in [1.54, 1.807) is 7.05 Å². The van der Waals surface area contributed by atoms with E-state index < -0.39 is 0 Å². The van der Waals surface area contributed by atoms with Crippen LogP contribution in [-0.2, 0) is 4.79 Å². The third-order valence-corrected chi connectivity index (χ3v) is 4.84. The Bertz CT molecular complexity index is 849. The average molecular weight is 399 g/mol. The maximum absolute atomic E-state index is 12.4.